The van der Waals surface area contributed by atoms with Crippen molar-refractivity contribution >= 4 is 40.2 Å². The molecule has 0 fully saturated rings. The minimum absolute atomic E-state index is 0.0688. The van der Waals surface area contributed by atoms with Gasteiger partial charge in [-0.1, -0.05) is 17.7 Å². The van der Waals surface area contributed by atoms with Gasteiger partial charge in [-0.2, -0.15) is 4.98 Å². The maximum Gasteiger partial charge on any atom is 0.261 e. The van der Waals surface area contributed by atoms with Crippen molar-refractivity contribution in [3.05, 3.63) is 64.8 Å². The SMILES string of the molecule is COc1cnccc1-c1cc(C)nc(Cl)c1C(=O)Nc1nc2nc(C3=CCC(O)CC3)ccc2[nH]1. The van der Waals surface area contributed by atoms with Gasteiger partial charge in [0.15, 0.2) is 5.65 Å². The molecule has 0 radical (unpaired) electrons. The predicted octanol–water partition coefficient (Wildman–Crippen LogP) is 4.57. The van der Waals surface area contributed by atoms with E-state index in [-0.39, 0.29) is 22.8 Å². The van der Waals surface area contributed by atoms with Crippen molar-refractivity contribution in [1.82, 2.24) is 24.9 Å². The Kier molecular flexibility index (Phi) is 6.19. The Balaban J connectivity index is 1.48. The number of aliphatic hydroxyl groups excluding tert-OH is 1. The van der Waals surface area contributed by atoms with Gasteiger partial charge in [0.25, 0.3) is 5.91 Å². The van der Waals surface area contributed by atoms with Gasteiger partial charge >= 0.3 is 0 Å². The molecule has 5 rings (SSSR count). The molecule has 4 aromatic rings. The number of carbonyl (C=O) groups is 1. The van der Waals surface area contributed by atoms with Gasteiger partial charge in [-0.3, -0.25) is 15.1 Å². The number of methoxy groups -OCH3 is 1. The topological polar surface area (TPSA) is 126 Å². The number of hydrogen-bond donors (Lipinski definition) is 3. The normalized spacial score (nSPS) is 15.7. The third-order valence-corrected chi connectivity index (χ3v) is 6.19. The lowest BCUT2D eigenvalue weighted by Crippen LogP contribution is -2.16. The van der Waals surface area contributed by atoms with E-state index < -0.39 is 5.91 Å². The van der Waals surface area contributed by atoms with Crippen LogP contribution in [0, 0.1) is 6.92 Å². The Morgan fingerprint density at radius 3 is 2.86 bits per heavy atom. The number of aromatic nitrogens is 5. The zero-order chi connectivity index (χ0) is 24.5. The summed E-state index contributed by atoms with van der Waals surface area (Å²) in [6, 6.07) is 7.32. The number of halogens is 1. The molecule has 0 aromatic carbocycles. The lowest BCUT2D eigenvalue weighted by Gasteiger charge is -2.16. The van der Waals surface area contributed by atoms with Gasteiger partial charge < -0.3 is 14.8 Å². The Labute approximate surface area is 206 Å². The lowest BCUT2D eigenvalue weighted by molar-refractivity contribution is 0.102. The average molecular weight is 491 g/mol. The van der Waals surface area contributed by atoms with E-state index in [0.717, 1.165) is 17.7 Å². The molecule has 1 aliphatic carbocycles. The van der Waals surface area contributed by atoms with Gasteiger partial charge in [-0.25, -0.2) is 9.97 Å². The van der Waals surface area contributed by atoms with Crippen molar-refractivity contribution in [2.45, 2.75) is 32.3 Å². The fourth-order valence-electron chi connectivity index (χ4n) is 4.18. The number of aromatic amines is 1. The van der Waals surface area contributed by atoms with Crippen LogP contribution in [0.2, 0.25) is 5.15 Å². The van der Waals surface area contributed by atoms with Gasteiger partial charge in [0.05, 0.1) is 36.2 Å². The molecule has 0 bridgehead atoms. The Morgan fingerprint density at radius 2 is 2.09 bits per heavy atom. The second-order valence-corrected chi connectivity index (χ2v) is 8.68. The first-order valence-electron chi connectivity index (χ1n) is 11.1. The van der Waals surface area contributed by atoms with E-state index in [9.17, 15) is 9.90 Å². The minimum Gasteiger partial charge on any atom is -0.494 e. The highest BCUT2D eigenvalue weighted by Gasteiger charge is 2.22. The van der Waals surface area contributed by atoms with Crippen LogP contribution in [0.5, 0.6) is 5.75 Å². The number of allylic oxidation sites excluding steroid dienone is 1. The van der Waals surface area contributed by atoms with Crippen LogP contribution in [0.4, 0.5) is 5.95 Å². The van der Waals surface area contributed by atoms with Crippen LogP contribution in [0.3, 0.4) is 0 Å². The molecule has 0 saturated heterocycles. The number of nitrogens with zero attached hydrogens (tertiary/aromatic N) is 4. The highest BCUT2D eigenvalue weighted by molar-refractivity contribution is 6.34. The number of nitrogens with one attached hydrogen (secondary N) is 2. The van der Waals surface area contributed by atoms with Gasteiger partial charge in [0.1, 0.15) is 10.9 Å². The molecule has 0 aliphatic heterocycles. The number of amides is 1. The molecule has 35 heavy (non-hydrogen) atoms. The van der Waals surface area contributed by atoms with Crippen molar-refractivity contribution in [1.29, 1.82) is 0 Å². The summed E-state index contributed by atoms with van der Waals surface area (Å²) in [7, 11) is 1.54. The highest BCUT2D eigenvalue weighted by atomic mass is 35.5. The first kappa shape index (κ1) is 22.9. The number of hydrogen-bond acceptors (Lipinski definition) is 7. The second kappa shape index (κ2) is 9.44. The molecule has 10 heteroatoms. The standard InChI is InChI=1S/C25H23ClN6O3/c1-13-11-17(16-9-10-27-12-20(16)35-2)21(22(26)28-13)24(34)32-25-30-19-8-7-18(29-23(19)31-25)14-3-5-15(33)6-4-14/h3,7-12,15,33H,4-6H2,1-2H3,(H2,29,30,31,32,34). The van der Waals surface area contributed by atoms with E-state index in [4.69, 9.17) is 16.3 Å². The summed E-state index contributed by atoms with van der Waals surface area (Å²) in [6.45, 7) is 1.80. The highest BCUT2D eigenvalue weighted by Crippen LogP contribution is 2.35. The molecule has 4 aromatic heterocycles. The summed E-state index contributed by atoms with van der Waals surface area (Å²) < 4.78 is 5.44. The monoisotopic (exact) mass is 490 g/mol. The largest absolute Gasteiger partial charge is 0.494 e. The van der Waals surface area contributed by atoms with Crippen molar-refractivity contribution in [2.24, 2.45) is 0 Å². The third-order valence-electron chi connectivity index (χ3n) is 5.92. The third kappa shape index (κ3) is 4.60. The van der Waals surface area contributed by atoms with Crippen molar-refractivity contribution in [2.75, 3.05) is 12.4 Å². The van der Waals surface area contributed by atoms with Crippen molar-refractivity contribution < 1.29 is 14.6 Å². The van der Waals surface area contributed by atoms with Gasteiger partial charge in [-0.05, 0) is 56.0 Å². The Bertz CT molecular complexity index is 1470. The minimum atomic E-state index is -0.473. The number of ether oxygens (including phenoxy) is 1. The molecule has 1 unspecified atom stereocenters. The van der Waals surface area contributed by atoms with Crippen LogP contribution in [-0.2, 0) is 0 Å². The molecular formula is C25H23ClN6O3. The number of aliphatic hydroxyl groups is 1. The van der Waals surface area contributed by atoms with Crippen molar-refractivity contribution in [3.63, 3.8) is 0 Å². The number of anilines is 1. The van der Waals surface area contributed by atoms with Crippen LogP contribution in [0.15, 0.2) is 42.7 Å². The molecule has 1 aliphatic rings. The molecular weight excluding hydrogens is 468 g/mol. The first-order chi connectivity index (χ1) is 16.9. The smallest absolute Gasteiger partial charge is 0.261 e. The van der Waals surface area contributed by atoms with Gasteiger partial charge in [0, 0.05) is 23.0 Å². The summed E-state index contributed by atoms with van der Waals surface area (Å²) >= 11 is 6.44. The van der Waals surface area contributed by atoms with Crippen molar-refractivity contribution in [3.8, 4) is 16.9 Å². The van der Waals surface area contributed by atoms with E-state index in [1.165, 1.54) is 7.11 Å². The van der Waals surface area contributed by atoms with E-state index in [1.54, 1.807) is 31.5 Å². The number of rotatable bonds is 5. The van der Waals surface area contributed by atoms with Gasteiger partial charge in [0.2, 0.25) is 5.95 Å². The zero-order valence-electron chi connectivity index (χ0n) is 19.2. The molecule has 9 nitrogen and oxygen atoms in total. The molecule has 4 heterocycles. The number of pyridine rings is 3. The zero-order valence-corrected chi connectivity index (χ0v) is 19.9. The number of imidazole rings is 1. The van der Waals surface area contributed by atoms with E-state index >= 15 is 0 Å². The summed E-state index contributed by atoms with van der Waals surface area (Å²) in [6.07, 6.45) is 7.00. The summed E-state index contributed by atoms with van der Waals surface area (Å²) in [4.78, 5) is 33.9. The lowest BCUT2D eigenvalue weighted by atomic mass is 9.95. The van der Waals surface area contributed by atoms with E-state index in [0.29, 0.717) is 46.6 Å². The molecule has 1 atom stereocenters. The van der Waals surface area contributed by atoms with Crippen LogP contribution in [-0.4, -0.2) is 49.1 Å². The average Bonchev–Trinajstić information content (AvgIpc) is 3.25. The molecule has 0 spiro atoms. The summed E-state index contributed by atoms with van der Waals surface area (Å²) in [5, 5.41) is 12.6. The van der Waals surface area contributed by atoms with Crippen LogP contribution < -0.4 is 10.1 Å². The Hall–Kier alpha value is -3.82. The maximum absolute atomic E-state index is 13.4. The van der Waals surface area contributed by atoms with E-state index in [2.05, 4.69) is 30.2 Å². The summed E-state index contributed by atoms with van der Waals surface area (Å²) in [5.74, 6) is 0.278. The second-order valence-electron chi connectivity index (χ2n) is 8.32. The number of H-pyrrole nitrogens is 1. The Morgan fingerprint density at radius 1 is 1.23 bits per heavy atom. The number of aryl methyl sites for hydroxylation is 1. The first-order valence-corrected chi connectivity index (χ1v) is 11.5. The predicted molar refractivity (Wildman–Crippen MR) is 133 cm³/mol. The maximum atomic E-state index is 13.4. The summed E-state index contributed by atoms with van der Waals surface area (Å²) in [5.41, 5.74) is 5.15. The fraction of sp³-hybridized carbons (Fsp3) is 0.240. The molecule has 3 N–H and O–H groups in total. The van der Waals surface area contributed by atoms with Crippen LogP contribution in [0.25, 0.3) is 27.9 Å². The van der Waals surface area contributed by atoms with Crippen LogP contribution >= 0.6 is 11.6 Å². The molecule has 0 saturated carbocycles. The van der Waals surface area contributed by atoms with E-state index in [1.807, 2.05) is 18.2 Å². The number of fused-ring (bicyclic) bond motifs is 1. The molecule has 1 amide bonds. The van der Waals surface area contributed by atoms with Gasteiger partial charge in [-0.15, -0.1) is 0 Å². The quantitative estimate of drug-likeness (QED) is 0.350. The van der Waals surface area contributed by atoms with Crippen LogP contribution in [0.1, 0.15) is 41.0 Å². The number of carbonyl (C=O) groups excluding carboxylic acids is 1. The fourth-order valence-corrected chi connectivity index (χ4v) is 4.50. The molecule has 178 valence electrons.